The molecular weight excluding hydrogens is 898 g/mol. The lowest BCUT2D eigenvalue weighted by atomic mass is 9.63. The van der Waals surface area contributed by atoms with Gasteiger partial charge in [-0.3, -0.25) is 34.3 Å². The monoisotopic (exact) mass is 945 g/mol. The van der Waals surface area contributed by atoms with Crippen molar-refractivity contribution in [1.29, 1.82) is 0 Å². The van der Waals surface area contributed by atoms with Gasteiger partial charge in [-0.05, 0) is 71.3 Å². The van der Waals surface area contributed by atoms with E-state index in [1.54, 1.807) is 29.2 Å². The molecule has 0 radical (unpaired) electrons. The maximum atomic E-state index is 16.3. The van der Waals surface area contributed by atoms with Gasteiger partial charge in [-0.1, -0.05) is 56.6 Å². The molecule has 0 aliphatic carbocycles. The molecule has 3 fully saturated rings. The predicted octanol–water partition coefficient (Wildman–Crippen LogP) is 6.74. The fourth-order valence-electron chi connectivity index (χ4n) is 10.5. The van der Waals surface area contributed by atoms with E-state index in [0.29, 0.717) is 23.1 Å². The summed E-state index contributed by atoms with van der Waals surface area (Å²) in [5.41, 5.74) is 0.468. The summed E-state index contributed by atoms with van der Waals surface area (Å²) in [5, 5.41) is 11.7. The lowest BCUT2D eigenvalue weighted by Crippen LogP contribution is -2.52. The molecule has 14 nitrogen and oxygen atoms in total. The molecule has 5 aliphatic rings. The van der Waals surface area contributed by atoms with E-state index < -0.39 is 65.1 Å². The number of carbonyl (C=O) groups excluding carboxylic acids is 5. The van der Waals surface area contributed by atoms with Gasteiger partial charge < -0.3 is 35.2 Å². The van der Waals surface area contributed by atoms with Crippen molar-refractivity contribution < 1.29 is 51.0 Å². The van der Waals surface area contributed by atoms with Crippen LogP contribution in [0.2, 0.25) is 5.02 Å². The molecule has 5 amide bonds. The van der Waals surface area contributed by atoms with Gasteiger partial charge in [-0.2, -0.15) is 13.2 Å². The van der Waals surface area contributed by atoms with Gasteiger partial charge in [0.25, 0.3) is 11.8 Å². The third-order valence-electron chi connectivity index (χ3n) is 13.6. The number of hydrogen-bond acceptors (Lipinski definition) is 10. The molecule has 19 heteroatoms. The number of morpholine rings is 1. The predicted molar refractivity (Wildman–Crippen MR) is 237 cm³/mol. The van der Waals surface area contributed by atoms with E-state index in [4.69, 9.17) is 21.1 Å². The second-order valence-corrected chi connectivity index (χ2v) is 19.3. The highest BCUT2D eigenvalue weighted by molar-refractivity contribution is 6.30. The Morgan fingerprint density at radius 1 is 1.06 bits per heavy atom. The fraction of sp³-hybridized carbons (Fsp3) is 0.417. The summed E-state index contributed by atoms with van der Waals surface area (Å²) in [7, 11) is 1.39. The highest BCUT2D eigenvalue weighted by atomic mass is 35.5. The molecule has 352 valence electrons. The zero-order chi connectivity index (χ0) is 47.7. The Morgan fingerprint density at radius 2 is 1.85 bits per heavy atom. The summed E-state index contributed by atoms with van der Waals surface area (Å²) < 4.78 is 69.8. The highest BCUT2D eigenvalue weighted by Crippen LogP contribution is 2.57. The molecule has 9 rings (SSSR count). The van der Waals surface area contributed by atoms with Gasteiger partial charge in [0.2, 0.25) is 17.7 Å². The summed E-state index contributed by atoms with van der Waals surface area (Å²) >= 11 is 6.36. The number of methoxy groups -OCH3 is 1. The SMILES string of the molecule is COc1cc(C(=O)N2CCO[C@@H](c3ccc4c(c3)CN([C@H]3CCC(=O)NC3=O)C4=O)C2)ccc1NC(=O)[C@@H]1N[C@@H](CC(C)(C)C)[C@@]2(CNc3cc(C(F)(F)F)ncc32)[C@H]1c1cccc(Cl)c1F. The number of pyridine rings is 1. The number of ether oxygens (including phenoxy) is 2. The number of imide groups is 1. The summed E-state index contributed by atoms with van der Waals surface area (Å²) in [5.74, 6) is -3.68. The largest absolute Gasteiger partial charge is 0.495 e. The van der Waals surface area contributed by atoms with Crippen LogP contribution in [-0.4, -0.2) is 95.8 Å². The number of rotatable bonds is 8. The Hall–Kier alpha value is -6.11. The average molecular weight is 946 g/mol. The van der Waals surface area contributed by atoms with Crippen LogP contribution in [0, 0.1) is 11.2 Å². The first kappa shape index (κ1) is 46.0. The number of nitrogens with zero attached hydrogens (tertiary/aromatic N) is 3. The molecule has 0 saturated carbocycles. The molecule has 3 aromatic carbocycles. The quantitative estimate of drug-likeness (QED) is 0.110. The van der Waals surface area contributed by atoms with Crippen LogP contribution in [0.4, 0.5) is 28.9 Å². The van der Waals surface area contributed by atoms with Crippen LogP contribution >= 0.6 is 11.6 Å². The van der Waals surface area contributed by atoms with E-state index >= 15 is 4.39 Å². The smallest absolute Gasteiger partial charge is 0.433 e. The Morgan fingerprint density at radius 3 is 2.58 bits per heavy atom. The third kappa shape index (κ3) is 8.37. The second kappa shape index (κ2) is 17.2. The number of anilines is 2. The van der Waals surface area contributed by atoms with Gasteiger partial charge in [0, 0.05) is 72.0 Å². The highest BCUT2D eigenvalue weighted by Gasteiger charge is 2.62. The van der Waals surface area contributed by atoms with E-state index in [1.165, 1.54) is 42.5 Å². The number of hydrogen-bond donors (Lipinski definition) is 4. The third-order valence-corrected chi connectivity index (χ3v) is 13.8. The van der Waals surface area contributed by atoms with Gasteiger partial charge in [-0.25, -0.2) is 4.39 Å². The standard InChI is InChI=1S/C48H48ClF4N7O7/c1-46(2,3)19-37-47(23-55-32-18-36(48(51,52)53)54-20-29(32)47)39(28-6-5-7-30(49)40(28)50)41(57-37)43(63)56-31-11-9-25(17-34(31)66-4)44(64)59-14-15-67-35(22-59)24-8-10-27-26(16-24)21-60(45(27)65)33-12-13-38(61)58-42(33)62/h5-11,16-18,20,33,35,37,39,41,55,57H,12-15,19,21-23H2,1-4H3,(H,56,63)(H,58,61,62)/t33-,35+,37-,39-,41+,47-/m0/s1. The van der Waals surface area contributed by atoms with Crippen molar-refractivity contribution in [3.05, 3.63) is 117 Å². The number of nitrogens with one attached hydrogen (secondary N) is 4. The second-order valence-electron chi connectivity index (χ2n) is 18.9. The van der Waals surface area contributed by atoms with Crippen LogP contribution in [0.1, 0.15) is 101 Å². The van der Waals surface area contributed by atoms with Crippen LogP contribution in [0.3, 0.4) is 0 Å². The van der Waals surface area contributed by atoms with Crippen LogP contribution in [-0.2, 0) is 37.3 Å². The van der Waals surface area contributed by atoms with Gasteiger partial charge in [-0.15, -0.1) is 0 Å². The molecule has 0 unspecified atom stereocenters. The van der Waals surface area contributed by atoms with Crippen molar-refractivity contribution in [2.45, 2.75) is 88.3 Å². The molecule has 0 bridgehead atoms. The van der Waals surface area contributed by atoms with Crippen molar-refractivity contribution in [2.75, 3.05) is 44.0 Å². The first-order chi connectivity index (χ1) is 31.8. The van der Waals surface area contributed by atoms with Crippen LogP contribution in [0.25, 0.3) is 0 Å². The zero-order valence-electron chi connectivity index (χ0n) is 37.0. The van der Waals surface area contributed by atoms with E-state index in [-0.39, 0.29) is 102 Å². The minimum atomic E-state index is -4.71. The van der Waals surface area contributed by atoms with E-state index in [2.05, 4.69) is 26.3 Å². The number of piperidine rings is 1. The summed E-state index contributed by atoms with van der Waals surface area (Å²) in [6.07, 6.45) is -3.25. The average Bonchev–Trinajstić information content (AvgIpc) is 3.94. The van der Waals surface area contributed by atoms with Crippen LogP contribution in [0.5, 0.6) is 5.75 Å². The summed E-state index contributed by atoms with van der Waals surface area (Å²) in [6, 6.07) is 12.9. The Labute approximate surface area is 388 Å². The number of amides is 5. The normalized spacial score (nSPS) is 24.9. The first-order valence-electron chi connectivity index (χ1n) is 22.0. The van der Waals surface area contributed by atoms with Gasteiger partial charge in [0.15, 0.2) is 0 Å². The molecule has 6 atom stereocenters. The number of benzene rings is 3. The van der Waals surface area contributed by atoms with Gasteiger partial charge >= 0.3 is 6.18 Å². The molecule has 1 aromatic heterocycles. The van der Waals surface area contributed by atoms with Crippen molar-refractivity contribution in [3.63, 3.8) is 0 Å². The first-order valence-corrected chi connectivity index (χ1v) is 22.3. The van der Waals surface area contributed by atoms with Crippen LogP contribution in [0.15, 0.2) is 66.9 Å². The molecule has 67 heavy (non-hydrogen) atoms. The number of halogens is 5. The molecule has 3 saturated heterocycles. The lowest BCUT2D eigenvalue weighted by molar-refractivity contribution is -0.141. The van der Waals surface area contributed by atoms with Crippen molar-refractivity contribution in [3.8, 4) is 5.75 Å². The zero-order valence-corrected chi connectivity index (χ0v) is 37.7. The lowest BCUT2D eigenvalue weighted by Gasteiger charge is -2.39. The molecular formula is C48H48ClF4N7O7. The minimum absolute atomic E-state index is 0.0668. The number of carbonyl (C=O) groups is 5. The summed E-state index contributed by atoms with van der Waals surface area (Å²) in [4.78, 5) is 73.3. The van der Waals surface area contributed by atoms with Gasteiger partial charge in [0.05, 0.1) is 37.0 Å². The molecule has 5 aliphatic heterocycles. The van der Waals surface area contributed by atoms with Crippen molar-refractivity contribution in [1.82, 2.24) is 25.4 Å². The van der Waals surface area contributed by atoms with Crippen molar-refractivity contribution >= 4 is 52.5 Å². The van der Waals surface area contributed by atoms with Gasteiger partial charge in [0.1, 0.15) is 29.4 Å². The number of aromatic nitrogens is 1. The molecule has 6 heterocycles. The maximum Gasteiger partial charge on any atom is 0.433 e. The molecule has 4 N–H and O–H groups in total. The molecule has 1 spiro atoms. The summed E-state index contributed by atoms with van der Waals surface area (Å²) in [6.45, 7) is 6.94. The maximum absolute atomic E-state index is 16.3. The van der Waals surface area contributed by atoms with E-state index in [1.807, 2.05) is 26.8 Å². The Balaban J connectivity index is 0.961. The fourth-order valence-corrected chi connectivity index (χ4v) is 10.7. The number of alkyl halides is 3. The number of fused-ring (bicyclic) bond motifs is 3. The van der Waals surface area contributed by atoms with Crippen LogP contribution < -0.4 is 26.0 Å². The topological polar surface area (TPSA) is 171 Å². The Kier molecular flexibility index (Phi) is 11.8. The van der Waals surface area contributed by atoms with E-state index in [0.717, 1.165) is 11.6 Å². The minimum Gasteiger partial charge on any atom is -0.495 e. The molecule has 4 aromatic rings. The Bertz CT molecular complexity index is 2710. The van der Waals surface area contributed by atoms with Crippen molar-refractivity contribution in [2.24, 2.45) is 5.41 Å². The van der Waals surface area contributed by atoms with E-state index in [9.17, 15) is 37.1 Å².